The van der Waals surface area contributed by atoms with Gasteiger partial charge in [-0.15, -0.1) is 0 Å². The molecule has 2 aromatic rings. The van der Waals surface area contributed by atoms with Gasteiger partial charge in [0.05, 0.1) is 17.4 Å². The van der Waals surface area contributed by atoms with E-state index in [0.717, 1.165) is 22.5 Å². The number of aliphatic carboxylic acids is 1. The highest BCUT2D eigenvalue weighted by Crippen LogP contribution is 2.37. The number of nitrogens with two attached hydrogens (primary N) is 1. The summed E-state index contributed by atoms with van der Waals surface area (Å²) in [6.45, 7) is 1.16. The minimum Gasteiger partial charge on any atom is -0.478 e. The second-order valence-electron chi connectivity index (χ2n) is 9.96. The number of fused-ring (bicyclic) bond motifs is 1. The number of nitrogens with zero attached hydrogens (tertiary/aromatic N) is 3. The van der Waals surface area contributed by atoms with Gasteiger partial charge in [-0.2, -0.15) is 12.6 Å². The number of allylic oxidation sites excluding steroid dienone is 3. The van der Waals surface area contributed by atoms with Gasteiger partial charge in [0.1, 0.15) is 0 Å². The maximum atomic E-state index is 14.5. The minimum atomic E-state index is -2.12. The molecule has 0 aromatic heterocycles. The van der Waals surface area contributed by atoms with Crippen LogP contribution in [0, 0.1) is 0 Å². The molecule has 0 fully saturated rings. The fraction of sp³-hybridized carbons (Fsp3) is 0.300. The number of benzene rings is 2. The number of likely N-dealkylation sites (N-methyl/N-ethyl adjacent to an activating group) is 1. The molecule has 10 nitrogen and oxygen atoms in total. The summed E-state index contributed by atoms with van der Waals surface area (Å²) in [5.41, 5.74) is 5.95. The van der Waals surface area contributed by atoms with Crippen molar-refractivity contribution in [1.29, 1.82) is 0 Å². The number of hydrogen-bond donors (Lipinski definition) is 4. The molecule has 4 N–H and O–H groups in total. The molecule has 1 heterocycles. The summed E-state index contributed by atoms with van der Waals surface area (Å²) in [4.78, 5) is 59.4. The van der Waals surface area contributed by atoms with Crippen molar-refractivity contribution >= 4 is 59.2 Å². The van der Waals surface area contributed by atoms with Gasteiger partial charge in [-0.05, 0) is 38.1 Å². The summed E-state index contributed by atoms with van der Waals surface area (Å²) in [5, 5.41) is 15.6. The van der Waals surface area contributed by atoms with E-state index in [0.29, 0.717) is 29.0 Å². The van der Waals surface area contributed by atoms with E-state index in [9.17, 15) is 24.3 Å². The Morgan fingerprint density at radius 1 is 1.26 bits per heavy atom. The molecule has 0 saturated heterocycles. The number of carboxylic acid groups (broad SMARTS) is 1. The third-order valence-electron chi connectivity index (χ3n) is 7.23. The largest absolute Gasteiger partial charge is 0.478 e. The third-order valence-corrected chi connectivity index (χ3v) is 7.86. The number of rotatable bonds is 10. The average molecular weight is 610 g/mol. The van der Waals surface area contributed by atoms with Crippen LogP contribution in [0.3, 0.4) is 0 Å². The Kier molecular flexibility index (Phi) is 9.67. The molecule has 0 radical (unpaired) electrons. The van der Waals surface area contributed by atoms with Crippen LogP contribution in [-0.2, 0) is 19.2 Å². The number of nitrogens with one attached hydrogen (secondary N) is 1. The van der Waals surface area contributed by atoms with Crippen molar-refractivity contribution in [3.05, 3.63) is 88.5 Å². The summed E-state index contributed by atoms with van der Waals surface area (Å²) in [6, 6.07) is 10.6. The van der Waals surface area contributed by atoms with Crippen LogP contribution in [0.5, 0.6) is 0 Å². The zero-order chi connectivity index (χ0) is 30.6. The molecule has 0 spiro atoms. The Balaban J connectivity index is 2.04. The highest BCUT2D eigenvalue weighted by molar-refractivity contribution is 7.80. The quantitative estimate of drug-likeness (QED) is 0.184. The molecule has 12 heteroatoms. The van der Waals surface area contributed by atoms with Gasteiger partial charge < -0.3 is 10.8 Å². The number of thiol groups is 1. The van der Waals surface area contributed by atoms with Crippen molar-refractivity contribution in [2.75, 3.05) is 17.8 Å². The maximum Gasteiger partial charge on any atom is 0.347 e. The van der Waals surface area contributed by atoms with E-state index in [2.05, 4.69) is 22.9 Å². The van der Waals surface area contributed by atoms with Crippen molar-refractivity contribution in [2.45, 2.75) is 43.9 Å². The number of amides is 2. The number of hydrazine groups is 1. The van der Waals surface area contributed by atoms with Gasteiger partial charge in [-0.3, -0.25) is 24.7 Å². The molecule has 2 unspecified atom stereocenters. The van der Waals surface area contributed by atoms with Crippen molar-refractivity contribution in [1.82, 2.24) is 10.3 Å². The Bertz CT molecular complexity index is 1490. The minimum absolute atomic E-state index is 0.0642. The molecule has 220 valence electrons. The van der Waals surface area contributed by atoms with Crippen molar-refractivity contribution < 1.29 is 24.3 Å². The summed E-state index contributed by atoms with van der Waals surface area (Å²) in [5.74, 6) is -3.91. The predicted octanol–water partition coefficient (Wildman–Crippen LogP) is 3.15. The van der Waals surface area contributed by atoms with Crippen molar-refractivity contribution in [2.24, 2.45) is 10.7 Å². The number of aliphatic imine (C=N–C) groups is 1. The number of carbonyl (C=O) groups is 4. The third kappa shape index (κ3) is 5.91. The molecule has 42 heavy (non-hydrogen) atoms. The fourth-order valence-corrected chi connectivity index (χ4v) is 5.48. The van der Waals surface area contributed by atoms with E-state index >= 15 is 0 Å². The molecule has 0 saturated carbocycles. The Morgan fingerprint density at radius 2 is 1.98 bits per heavy atom. The number of ketones is 1. The van der Waals surface area contributed by atoms with Crippen LogP contribution in [0.1, 0.15) is 37.3 Å². The molecular weight excluding hydrogens is 578 g/mol. The molecule has 4 rings (SSSR count). The normalized spacial score (nSPS) is 18.6. The zero-order valence-electron chi connectivity index (χ0n) is 23.2. The molecule has 2 aliphatic rings. The van der Waals surface area contributed by atoms with Crippen molar-refractivity contribution in [3.8, 4) is 0 Å². The number of halogens is 1. The van der Waals surface area contributed by atoms with Gasteiger partial charge in [-0.25, -0.2) is 14.8 Å². The summed E-state index contributed by atoms with van der Waals surface area (Å²) in [6.07, 6.45) is 6.69. The first kappa shape index (κ1) is 31.2. The second kappa shape index (κ2) is 13.0. The Hall–Kier alpha value is -3.77. The van der Waals surface area contributed by atoms with Crippen LogP contribution in [0.15, 0.2) is 77.3 Å². The van der Waals surface area contributed by atoms with Gasteiger partial charge >= 0.3 is 5.97 Å². The highest BCUT2D eigenvalue weighted by atomic mass is 35.5. The first-order valence-electron chi connectivity index (χ1n) is 13.3. The maximum absolute atomic E-state index is 14.5. The number of carbonyl (C=O) groups excluding carboxylic acids is 3. The summed E-state index contributed by atoms with van der Waals surface area (Å²) >= 11 is 10.6. The number of hydrogen-bond acceptors (Lipinski definition) is 8. The lowest BCUT2D eigenvalue weighted by Crippen LogP contribution is -2.71. The summed E-state index contributed by atoms with van der Waals surface area (Å²) < 4.78 is 0. The number of carboxylic acids is 1. The number of Topliss-reactive ketones (excluding diaryl/α,β-unsaturated/α-hetero) is 1. The first-order chi connectivity index (χ1) is 20.0. The highest BCUT2D eigenvalue weighted by Gasteiger charge is 2.52. The Morgan fingerprint density at radius 3 is 2.55 bits per heavy atom. The van der Waals surface area contributed by atoms with E-state index in [1.54, 1.807) is 42.5 Å². The van der Waals surface area contributed by atoms with Crippen molar-refractivity contribution in [3.63, 3.8) is 0 Å². The van der Waals surface area contributed by atoms with Crippen LogP contribution in [0.2, 0.25) is 5.02 Å². The smallest absolute Gasteiger partial charge is 0.347 e. The van der Waals surface area contributed by atoms with E-state index in [4.69, 9.17) is 17.3 Å². The number of benzodiazepines with no additional fused rings is 1. The van der Waals surface area contributed by atoms with Crippen LogP contribution >= 0.6 is 24.2 Å². The molecule has 2 aromatic carbocycles. The number of anilines is 1. The lowest BCUT2D eigenvalue weighted by molar-refractivity contribution is -0.163. The second-order valence-corrected chi connectivity index (χ2v) is 10.8. The van der Waals surface area contributed by atoms with E-state index < -0.39 is 41.3 Å². The topological polar surface area (TPSA) is 145 Å². The Labute approximate surface area is 254 Å². The molecule has 3 atom stereocenters. The SMILES string of the molecule is CN[C@](CC1=CC=CCC1)(C(=O)O)N(C(C)=O)N1C(=O)C(C(=O)C(N)CS)N=C(c2ccccc2)c2cc(Cl)ccc21. The standard InChI is InChI=1S/C30H32ClN5O5S/c1-18(37)36(30(33-2,29(40)41)16-19-9-5-3-6-10-19)35-24-14-13-21(31)15-22(24)25(20-11-7-4-8-12-20)34-26(28(35)39)27(38)23(32)17-42/h3-5,7-9,11-15,23,26,33,42H,6,10,16-17,32H2,1-2H3,(H,40,41)/t23?,26?,30-/m0/s1. The van der Waals surface area contributed by atoms with Gasteiger partial charge in [0.2, 0.25) is 11.6 Å². The van der Waals surface area contributed by atoms with Crippen LogP contribution in [-0.4, -0.2) is 69.9 Å². The van der Waals surface area contributed by atoms with E-state index in [1.165, 1.54) is 19.2 Å². The van der Waals surface area contributed by atoms with E-state index in [-0.39, 0.29) is 23.6 Å². The van der Waals surface area contributed by atoms with Crippen LogP contribution in [0.4, 0.5) is 5.69 Å². The van der Waals surface area contributed by atoms with Gasteiger partial charge in [-0.1, -0.05) is 65.7 Å². The lowest BCUT2D eigenvalue weighted by atomic mass is 9.92. The molecular formula is C30H32ClN5O5S. The van der Waals surface area contributed by atoms with Gasteiger partial charge in [0.15, 0.2) is 11.8 Å². The molecule has 1 aliphatic carbocycles. The van der Waals surface area contributed by atoms with Crippen LogP contribution < -0.4 is 16.1 Å². The van der Waals surface area contributed by atoms with E-state index in [1.807, 2.05) is 12.2 Å². The van der Waals surface area contributed by atoms with Gasteiger partial charge in [0, 0.05) is 35.2 Å². The van der Waals surface area contributed by atoms with Crippen LogP contribution in [0.25, 0.3) is 0 Å². The molecule has 2 amide bonds. The zero-order valence-corrected chi connectivity index (χ0v) is 24.8. The average Bonchev–Trinajstić information content (AvgIpc) is 3.10. The lowest BCUT2D eigenvalue weighted by Gasteiger charge is -2.46. The molecule has 0 bridgehead atoms. The molecule has 1 aliphatic heterocycles. The predicted molar refractivity (Wildman–Crippen MR) is 165 cm³/mol. The summed E-state index contributed by atoms with van der Waals surface area (Å²) in [7, 11) is 1.40. The van der Waals surface area contributed by atoms with Gasteiger partial charge in [0.25, 0.3) is 5.91 Å². The first-order valence-corrected chi connectivity index (χ1v) is 14.3. The monoisotopic (exact) mass is 609 g/mol. The fourth-order valence-electron chi connectivity index (χ4n) is 5.13.